The van der Waals surface area contributed by atoms with Gasteiger partial charge in [-0.25, -0.2) is 0 Å². The van der Waals surface area contributed by atoms with E-state index in [1.807, 2.05) is 48.5 Å². The van der Waals surface area contributed by atoms with Gasteiger partial charge in [-0.1, -0.05) is 42.0 Å². The van der Waals surface area contributed by atoms with E-state index in [1.54, 1.807) is 7.11 Å². The van der Waals surface area contributed by atoms with E-state index in [0.29, 0.717) is 18.0 Å². The van der Waals surface area contributed by atoms with Crippen LogP contribution in [-0.2, 0) is 11.3 Å². The van der Waals surface area contributed by atoms with Gasteiger partial charge >= 0.3 is 0 Å². The van der Waals surface area contributed by atoms with Crippen molar-refractivity contribution in [3.63, 3.8) is 0 Å². The summed E-state index contributed by atoms with van der Waals surface area (Å²) in [5.41, 5.74) is 5.35. The van der Waals surface area contributed by atoms with Crippen LogP contribution in [0.15, 0.2) is 66.7 Å². The third kappa shape index (κ3) is 5.75. The van der Waals surface area contributed by atoms with E-state index in [2.05, 4.69) is 42.7 Å². The quantitative estimate of drug-likeness (QED) is 0.572. The standard InChI is InChI=1S/C24H26N2O3/c1-17-9-11-21(18(2)13-17)25-15-19-10-12-22(23(14-19)28-3)29-16-24(27)26-20-7-5-4-6-8-20/h4-14,25H,15-16H2,1-3H3,(H,26,27). The number of amides is 1. The molecule has 0 aliphatic heterocycles. The van der Waals surface area contributed by atoms with Gasteiger partial charge in [0.25, 0.3) is 5.91 Å². The molecule has 0 fully saturated rings. The molecule has 0 saturated carbocycles. The number of para-hydroxylation sites is 1. The second kappa shape index (κ2) is 9.64. The fourth-order valence-corrected chi connectivity index (χ4v) is 3.01. The van der Waals surface area contributed by atoms with Gasteiger partial charge in [-0.05, 0) is 55.3 Å². The average molecular weight is 390 g/mol. The summed E-state index contributed by atoms with van der Waals surface area (Å²) in [6, 6.07) is 21.3. The Labute approximate surface area is 171 Å². The molecule has 0 bridgehead atoms. The highest BCUT2D eigenvalue weighted by atomic mass is 16.5. The molecule has 5 heteroatoms. The molecule has 3 aromatic rings. The van der Waals surface area contributed by atoms with E-state index >= 15 is 0 Å². The zero-order valence-corrected chi connectivity index (χ0v) is 17.0. The van der Waals surface area contributed by atoms with Gasteiger partial charge in [0, 0.05) is 17.9 Å². The van der Waals surface area contributed by atoms with Gasteiger partial charge in [0.1, 0.15) is 0 Å². The second-order valence-corrected chi connectivity index (χ2v) is 6.86. The molecule has 3 aromatic carbocycles. The molecule has 0 atom stereocenters. The summed E-state index contributed by atoms with van der Waals surface area (Å²) in [6.45, 7) is 4.74. The van der Waals surface area contributed by atoms with E-state index in [-0.39, 0.29) is 12.5 Å². The van der Waals surface area contributed by atoms with Crippen molar-refractivity contribution < 1.29 is 14.3 Å². The van der Waals surface area contributed by atoms with Crippen molar-refractivity contribution >= 4 is 17.3 Å². The number of anilines is 2. The van der Waals surface area contributed by atoms with Crippen molar-refractivity contribution in [1.29, 1.82) is 0 Å². The highest BCUT2D eigenvalue weighted by molar-refractivity contribution is 5.91. The number of nitrogens with one attached hydrogen (secondary N) is 2. The first-order valence-electron chi connectivity index (χ1n) is 9.51. The fraction of sp³-hybridized carbons (Fsp3) is 0.208. The van der Waals surface area contributed by atoms with Gasteiger partial charge in [-0.3, -0.25) is 4.79 Å². The molecule has 0 heterocycles. The Morgan fingerprint density at radius 3 is 2.45 bits per heavy atom. The molecule has 2 N–H and O–H groups in total. The zero-order chi connectivity index (χ0) is 20.6. The molecular weight excluding hydrogens is 364 g/mol. The number of carbonyl (C=O) groups excluding carboxylic acids is 1. The van der Waals surface area contributed by atoms with Gasteiger partial charge in [0.05, 0.1) is 7.11 Å². The molecule has 0 aliphatic rings. The third-order valence-corrected chi connectivity index (χ3v) is 4.51. The van der Waals surface area contributed by atoms with Crippen molar-refractivity contribution in [3.8, 4) is 11.5 Å². The maximum absolute atomic E-state index is 12.1. The average Bonchev–Trinajstić information content (AvgIpc) is 2.72. The molecular formula is C24H26N2O3. The number of ether oxygens (including phenoxy) is 2. The fourth-order valence-electron chi connectivity index (χ4n) is 3.01. The van der Waals surface area contributed by atoms with Crippen LogP contribution in [0.4, 0.5) is 11.4 Å². The van der Waals surface area contributed by atoms with E-state index in [4.69, 9.17) is 9.47 Å². The lowest BCUT2D eigenvalue weighted by Gasteiger charge is -2.14. The summed E-state index contributed by atoms with van der Waals surface area (Å²) in [5, 5.41) is 6.24. The van der Waals surface area contributed by atoms with Gasteiger partial charge < -0.3 is 20.1 Å². The molecule has 1 amide bonds. The van der Waals surface area contributed by atoms with Crippen LogP contribution in [-0.4, -0.2) is 19.6 Å². The van der Waals surface area contributed by atoms with Crippen molar-refractivity contribution in [2.45, 2.75) is 20.4 Å². The molecule has 150 valence electrons. The Kier molecular flexibility index (Phi) is 6.74. The molecule has 0 aliphatic carbocycles. The van der Waals surface area contributed by atoms with Crippen LogP contribution in [0.2, 0.25) is 0 Å². The van der Waals surface area contributed by atoms with Crippen LogP contribution in [0.1, 0.15) is 16.7 Å². The summed E-state index contributed by atoms with van der Waals surface area (Å²) in [6.07, 6.45) is 0. The molecule has 3 rings (SSSR count). The lowest BCUT2D eigenvalue weighted by Crippen LogP contribution is -2.20. The number of rotatable bonds is 8. The molecule has 0 saturated heterocycles. The predicted octanol–water partition coefficient (Wildman–Crippen LogP) is 4.94. The molecule has 5 nitrogen and oxygen atoms in total. The zero-order valence-electron chi connectivity index (χ0n) is 17.0. The van der Waals surface area contributed by atoms with Crippen molar-refractivity contribution in [2.24, 2.45) is 0 Å². The largest absolute Gasteiger partial charge is 0.493 e. The Morgan fingerprint density at radius 2 is 1.72 bits per heavy atom. The number of hydrogen-bond acceptors (Lipinski definition) is 4. The number of benzene rings is 3. The van der Waals surface area contributed by atoms with E-state index in [1.165, 1.54) is 11.1 Å². The van der Waals surface area contributed by atoms with Crippen LogP contribution in [0.25, 0.3) is 0 Å². The van der Waals surface area contributed by atoms with Crippen LogP contribution >= 0.6 is 0 Å². The Morgan fingerprint density at radius 1 is 0.931 bits per heavy atom. The Hall–Kier alpha value is -3.47. The van der Waals surface area contributed by atoms with Gasteiger partial charge in [-0.2, -0.15) is 0 Å². The maximum atomic E-state index is 12.1. The van der Waals surface area contributed by atoms with Crippen LogP contribution in [0.3, 0.4) is 0 Å². The highest BCUT2D eigenvalue weighted by Crippen LogP contribution is 2.28. The number of hydrogen-bond donors (Lipinski definition) is 2. The smallest absolute Gasteiger partial charge is 0.262 e. The topological polar surface area (TPSA) is 59.6 Å². The first kappa shape index (κ1) is 20.3. The number of methoxy groups -OCH3 is 1. The minimum Gasteiger partial charge on any atom is -0.493 e. The Balaban J connectivity index is 1.58. The number of carbonyl (C=O) groups is 1. The summed E-state index contributed by atoms with van der Waals surface area (Å²) < 4.78 is 11.1. The molecule has 0 aromatic heterocycles. The molecule has 0 unspecified atom stereocenters. The summed E-state index contributed by atoms with van der Waals surface area (Å²) in [7, 11) is 1.59. The minimum absolute atomic E-state index is 0.0919. The van der Waals surface area contributed by atoms with Gasteiger partial charge in [-0.15, -0.1) is 0 Å². The van der Waals surface area contributed by atoms with Crippen molar-refractivity contribution in [1.82, 2.24) is 0 Å². The van der Waals surface area contributed by atoms with E-state index in [0.717, 1.165) is 16.9 Å². The third-order valence-electron chi connectivity index (χ3n) is 4.51. The van der Waals surface area contributed by atoms with Gasteiger partial charge in [0.2, 0.25) is 0 Å². The summed E-state index contributed by atoms with van der Waals surface area (Å²) in [5.74, 6) is 0.905. The highest BCUT2D eigenvalue weighted by Gasteiger charge is 2.09. The minimum atomic E-state index is -0.223. The first-order chi connectivity index (χ1) is 14.0. The number of aryl methyl sites for hydroxylation is 2. The molecule has 29 heavy (non-hydrogen) atoms. The molecule has 0 radical (unpaired) electrons. The van der Waals surface area contributed by atoms with Crippen molar-refractivity contribution in [3.05, 3.63) is 83.4 Å². The summed E-state index contributed by atoms with van der Waals surface area (Å²) in [4.78, 5) is 12.1. The lowest BCUT2D eigenvalue weighted by atomic mass is 10.1. The van der Waals surface area contributed by atoms with Crippen LogP contribution < -0.4 is 20.1 Å². The first-order valence-corrected chi connectivity index (χ1v) is 9.51. The second-order valence-electron chi connectivity index (χ2n) is 6.86. The van der Waals surface area contributed by atoms with E-state index < -0.39 is 0 Å². The maximum Gasteiger partial charge on any atom is 0.262 e. The monoisotopic (exact) mass is 390 g/mol. The van der Waals surface area contributed by atoms with Gasteiger partial charge in [0.15, 0.2) is 18.1 Å². The van der Waals surface area contributed by atoms with E-state index in [9.17, 15) is 4.79 Å². The predicted molar refractivity (Wildman–Crippen MR) is 117 cm³/mol. The molecule has 0 spiro atoms. The van der Waals surface area contributed by atoms with Crippen LogP contribution in [0.5, 0.6) is 11.5 Å². The SMILES string of the molecule is COc1cc(CNc2ccc(C)cc2C)ccc1OCC(=O)Nc1ccccc1. The summed E-state index contributed by atoms with van der Waals surface area (Å²) >= 11 is 0. The normalized spacial score (nSPS) is 10.3. The lowest BCUT2D eigenvalue weighted by molar-refractivity contribution is -0.118. The Bertz CT molecular complexity index is 971. The van der Waals surface area contributed by atoms with Crippen LogP contribution in [0, 0.1) is 13.8 Å². The van der Waals surface area contributed by atoms with Crippen molar-refractivity contribution in [2.75, 3.05) is 24.4 Å².